The summed E-state index contributed by atoms with van der Waals surface area (Å²) in [6, 6.07) is 0. The van der Waals surface area contributed by atoms with Gasteiger partial charge in [0, 0.05) is 6.42 Å². The van der Waals surface area contributed by atoms with Crippen molar-refractivity contribution in [2.24, 2.45) is 11.7 Å². The molecule has 1 atom stereocenters. The minimum Gasteiger partial charge on any atom is -0.480 e. The lowest BCUT2D eigenvalue weighted by molar-refractivity contribution is -0.147. The number of hydrogen-bond donors (Lipinski definition) is 3. The molecule has 110 valence electrons. The molecule has 4 N–H and O–H groups in total. The predicted octanol–water partition coefficient (Wildman–Crippen LogP) is 1.66. The molecule has 1 rings (SSSR count). The van der Waals surface area contributed by atoms with Crippen molar-refractivity contribution in [2.45, 2.75) is 63.8 Å². The Labute approximate surface area is 114 Å². The van der Waals surface area contributed by atoms with Gasteiger partial charge in [0.1, 0.15) is 5.54 Å². The summed E-state index contributed by atoms with van der Waals surface area (Å²) >= 11 is 0. The maximum Gasteiger partial charge on any atom is 0.329 e. The zero-order valence-corrected chi connectivity index (χ0v) is 11.8. The van der Waals surface area contributed by atoms with Crippen molar-refractivity contribution in [3.8, 4) is 0 Å². The van der Waals surface area contributed by atoms with Gasteiger partial charge in [0.05, 0.1) is 0 Å². The fourth-order valence-electron chi connectivity index (χ4n) is 2.82. The standard InChI is InChI=1S/C14H26N2O3/c1-2-11(7-10-15)5-6-12(17)16-14(13(18)19)8-3-4-9-14/h11H,2-10,15H2,1H3,(H,16,17)(H,18,19). The van der Waals surface area contributed by atoms with Crippen LogP contribution in [-0.4, -0.2) is 29.1 Å². The monoisotopic (exact) mass is 270 g/mol. The second-order valence-electron chi connectivity index (χ2n) is 5.53. The molecule has 0 bridgehead atoms. The Balaban J connectivity index is 2.43. The van der Waals surface area contributed by atoms with E-state index in [1.165, 1.54) is 0 Å². The van der Waals surface area contributed by atoms with E-state index < -0.39 is 11.5 Å². The van der Waals surface area contributed by atoms with E-state index in [9.17, 15) is 14.7 Å². The first-order chi connectivity index (χ1) is 9.04. The summed E-state index contributed by atoms with van der Waals surface area (Å²) in [6.45, 7) is 2.73. The number of hydrogen-bond acceptors (Lipinski definition) is 3. The maximum absolute atomic E-state index is 11.9. The molecule has 0 spiro atoms. The second kappa shape index (κ2) is 7.48. The van der Waals surface area contributed by atoms with Crippen LogP contribution in [0.2, 0.25) is 0 Å². The number of nitrogens with two attached hydrogens (primary N) is 1. The fourth-order valence-corrected chi connectivity index (χ4v) is 2.82. The second-order valence-corrected chi connectivity index (χ2v) is 5.53. The molecule has 0 aliphatic heterocycles. The lowest BCUT2D eigenvalue weighted by Crippen LogP contribution is -2.52. The van der Waals surface area contributed by atoms with Crippen LogP contribution in [-0.2, 0) is 9.59 Å². The van der Waals surface area contributed by atoms with E-state index in [2.05, 4.69) is 12.2 Å². The number of nitrogens with one attached hydrogen (secondary N) is 1. The fraction of sp³-hybridized carbons (Fsp3) is 0.857. The zero-order valence-electron chi connectivity index (χ0n) is 11.8. The highest BCUT2D eigenvalue weighted by Crippen LogP contribution is 2.30. The topological polar surface area (TPSA) is 92.4 Å². The average Bonchev–Trinajstić information content (AvgIpc) is 2.84. The van der Waals surface area contributed by atoms with Gasteiger partial charge in [0.25, 0.3) is 0 Å². The predicted molar refractivity (Wildman–Crippen MR) is 73.7 cm³/mol. The Morgan fingerprint density at radius 2 is 1.95 bits per heavy atom. The van der Waals surface area contributed by atoms with Gasteiger partial charge in [-0.25, -0.2) is 4.79 Å². The summed E-state index contributed by atoms with van der Waals surface area (Å²) in [7, 11) is 0. The summed E-state index contributed by atoms with van der Waals surface area (Å²) in [4.78, 5) is 23.3. The summed E-state index contributed by atoms with van der Waals surface area (Å²) in [5.74, 6) is -0.577. The number of carbonyl (C=O) groups is 2. The molecule has 0 aromatic carbocycles. The maximum atomic E-state index is 11.9. The van der Waals surface area contributed by atoms with Crippen LogP contribution in [0, 0.1) is 5.92 Å². The summed E-state index contributed by atoms with van der Waals surface area (Å²) in [5, 5.41) is 12.0. The normalized spacial score (nSPS) is 19.1. The molecular weight excluding hydrogens is 244 g/mol. The Morgan fingerprint density at radius 3 is 2.42 bits per heavy atom. The minimum absolute atomic E-state index is 0.139. The summed E-state index contributed by atoms with van der Waals surface area (Å²) in [5.41, 5.74) is 4.52. The minimum atomic E-state index is -1.01. The molecule has 1 aliphatic carbocycles. The molecule has 1 amide bonds. The smallest absolute Gasteiger partial charge is 0.329 e. The number of carboxylic acids is 1. The van der Waals surface area contributed by atoms with Crippen LogP contribution in [0.1, 0.15) is 58.3 Å². The molecule has 1 saturated carbocycles. The lowest BCUT2D eigenvalue weighted by atomic mass is 9.94. The Hall–Kier alpha value is -1.10. The number of amides is 1. The molecule has 0 saturated heterocycles. The third-order valence-corrected chi connectivity index (χ3v) is 4.18. The first kappa shape index (κ1) is 16.0. The zero-order chi connectivity index (χ0) is 14.3. The Morgan fingerprint density at radius 1 is 1.32 bits per heavy atom. The van der Waals surface area contributed by atoms with Crippen LogP contribution in [0.3, 0.4) is 0 Å². The van der Waals surface area contributed by atoms with E-state index >= 15 is 0 Å². The van der Waals surface area contributed by atoms with Crippen molar-refractivity contribution in [3.05, 3.63) is 0 Å². The highest BCUT2D eigenvalue weighted by molar-refractivity contribution is 5.87. The van der Waals surface area contributed by atoms with Crippen LogP contribution in [0.4, 0.5) is 0 Å². The highest BCUT2D eigenvalue weighted by Gasteiger charge is 2.42. The number of rotatable bonds is 8. The number of carboxylic acid groups (broad SMARTS) is 1. The van der Waals surface area contributed by atoms with Gasteiger partial charge in [0.15, 0.2) is 0 Å². The SMILES string of the molecule is CCC(CCN)CCC(=O)NC1(C(=O)O)CCCC1. The van der Waals surface area contributed by atoms with Crippen LogP contribution >= 0.6 is 0 Å². The molecule has 1 aliphatic rings. The third kappa shape index (κ3) is 4.49. The number of carbonyl (C=O) groups excluding carboxylic acids is 1. The van der Waals surface area contributed by atoms with Crippen LogP contribution < -0.4 is 11.1 Å². The van der Waals surface area contributed by atoms with Gasteiger partial charge in [-0.2, -0.15) is 0 Å². The van der Waals surface area contributed by atoms with E-state index in [0.29, 0.717) is 31.7 Å². The molecule has 5 nitrogen and oxygen atoms in total. The number of aliphatic carboxylic acids is 1. The van der Waals surface area contributed by atoms with Gasteiger partial charge in [-0.05, 0) is 38.1 Å². The molecule has 19 heavy (non-hydrogen) atoms. The Kier molecular flexibility index (Phi) is 6.28. The molecule has 0 aromatic rings. The quantitative estimate of drug-likeness (QED) is 0.625. The van der Waals surface area contributed by atoms with Gasteiger partial charge in [-0.1, -0.05) is 26.2 Å². The van der Waals surface area contributed by atoms with Crippen molar-refractivity contribution >= 4 is 11.9 Å². The van der Waals surface area contributed by atoms with E-state index in [4.69, 9.17) is 5.73 Å². The third-order valence-electron chi connectivity index (χ3n) is 4.18. The van der Waals surface area contributed by atoms with Crippen molar-refractivity contribution in [3.63, 3.8) is 0 Å². The van der Waals surface area contributed by atoms with Gasteiger partial charge < -0.3 is 16.2 Å². The van der Waals surface area contributed by atoms with Gasteiger partial charge >= 0.3 is 5.97 Å². The van der Waals surface area contributed by atoms with Crippen LogP contribution in [0.15, 0.2) is 0 Å². The summed E-state index contributed by atoms with van der Waals surface area (Å²) < 4.78 is 0. The van der Waals surface area contributed by atoms with Crippen molar-refractivity contribution < 1.29 is 14.7 Å². The first-order valence-corrected chi connectivity index (χ1v) is 7.28. The van der Waals surface area contributed by atoms with Crippen molar-refractivity contribution in [2.75, 3.05) is 6.54 Å². The van der Waals surface area contributed by atoms with Gasteiger partial charge in [0.2, 0.25) is 5.91 Å². The molecule has 1 unspecified atom stereocenters. The highest BCUT2D eigenvalue weighted by atomic mass is 16.4. The van der Waals surface area contributed by atoms with E-state index in [1.807, 2.05) is 0 Å². The van der Waals surface area contributed by atoms with Crippen LogP contribution in [0.5, 0.6) is 0 Å². The molecule has 0 aromatic heterocycles. The van der Waals surface area contributed by atoms with E-state index in [1.54, 1.807) is 0 Å². The molecule has 0 radical (unpaired) electrons. The average molecular weight is 270 g/mol. The van der Waals surface area contributed by atoms with Crippen LogP contribution in [0.25, 0.3) is 0 Å². The van der Waals surface area contributed by atoms with Crippen molar-refractivity contribution in [1.29, 1.82) is 0 Å². The molecule has 5 heteroatoms. The Bertz CT molecular complexity index is 312. The largest absolute Gasteiger partial charge is 0.480 e. The molecule has 0 heterocycles. The first-order valence-electron chi connectivity index (χ1n) is 7.28. The van der Waals surface area contributed by atoms with E-state index in [-0.39, 0.29) is 5.91 Å². The molecule has 1 fully saturated rings. The van der Waals surface area contributed by atoms with Crippen molar-refractivity contribution in [1.82, 2.24) is 5.32 Å². The lowest BCUT2D eigenvalue weighted by Gasteiger charge is -2.25. The van der Waals surface area contributed by atoms with Gasteiger partial charge in [-0.3, -0.25) is 4.79 Å². The van der Waals surface area contributed by atoms with E-state index in [0.717, 1.165) is 32.1 Å². The van der Waals surface area contributed by atoms with Gasteiger partial charge in [-0.15, -0.1) is 0 Å². The summed E-state index contributed by atoms with van der Waals surface area (Å²) in [6.07, 6.45) is 5.96. The molecular formula is C14H26N2O3.